The maximum Gasteiger partial charge on any atom is 0.310 e. The fourth-order valence-electron chi connectivity index (χ4n) is 2.59. The average molecular weight is 337 g/mol. The number of hydrogen-bond acceptors (Lipinski definition) is 4. The van der Waals surface area contributed by atoms with Gasteiger partial charge < -0.3 is 19.9 Å². The van der Waals surface area contributed by atoms with E-state index in [1.54, 1.807) is 7.11 Å². The summed E-state index contributed by atoms with van der Waals surface area (Å²) in [5.41, 5.74) is 0.342. The standard InChI is InChI=1S/C19H31NO4/c1-5-8-11-24-16-10-9-15(12-17(16)23-4)13-20-14-19(6-2,7-3)18(21)22/h9-10,12,20H,5-8,11,13-14H2,1-4H3,(H,21,22). The Balaban J connectivity index is 2.67. The van der Waals surface area contributed by atoms with Crippen molar-refractivity contribution in [3.63, 3.8) is 0 Å². The Morgan fingerprint density at radius 1 is 1.21 bits per heavy atom. The van der Waals surface area contributed by atoms with Crippen LogP contribution < -0.4 is 14.8 Å². The number of aliphatic carboxylic acids is 1. The molecule has 5 nitrogen and oxygen atoms in total. The first kappa shape index (κ1) is 20.3. The summed E-state index contributed by atoms with van der Waals surface area (Å²) in [4.78, 5) is 11.5. The third-order valence-electron chi connectivity index (χ3n) is 4.58. The Kier molecular flexibility index (Phi) is 8.61. The minimum atomic E-state index is -0.739. The number of benzene rings is 1. The molecule has 0 aliphatic rings. The number of hydrogen-bond donors (Lipinski definition) is 2. The van der Waals surface area contributed by atoms with Crippen LogP contribution in [0.25, 0.3) is 0 Å². The quantitative estimate of drug-likeness (QED) is 0.567. The van der Waals surface area contributed by atoms with Crippen molar-refractivity contribution < 1.29 is 19.4 Å². The molecule has 0 radical (unpaired) electrons. The van der Waals surface area contributed by atoms with Crippen molar-refractivity contribution in [1.29, 1.82) is 0 Å². The van der Waals surface area contributed by atoms with Crippen LogP contribution in [0.3, 0.4) is 0 Å². The molecule has 0 aliphatic carbocycles. The van der Waals surface area contributed by atoms with E-state index in [2.05, 4.69) is 12.2 Å². The molecule has 0 atom stereocenters. The molecule has 0 fully saturated rings. The molecule has 0 saturated carbocycles. The number of carboxylic acids is 1. The summed E-state index contributed by atoms with van der Waals surface area (Å²) >= 11 is 0. The van der Waals surface area contributed by atoms with Crippen molar-refractivity contribution in [3.8, 4) is 11.5 Å². The van der Waals surface area contributed by atoms with Crippen molar-refractivity contribution >= 4 is 5.97 Å². The molecule has 2 N–H and O–H groups in total. The monoisotopic (exact) mass is 337 g/mol. The number of unbranched alkanes of at least 4 members (excludes halogenated alkanes) is 1. The smallest absolute Gasteiger partial charge is 0.310 e. The second-order valence-electron chi connectivity index (χ2n) is 6.08. The van der Waals surface area contributed by atoms with E-state index in [1.165, 1.54) is 0 Å². The van der Waals surface area contributed by atoms with Crippen LogP contribution in [0.2, 0.25) is 0 Å². The molecule has 1 rings (SSSR count). The van der Waals surface area contributed by atoms with Gasteiger partial charge in [0.05, 0.1) is 19.1 Å². The molecule has 0 saturated heterocycles. The van der Waals surface area contributed by atoms with E-state index in [9.17, 15) is 9.90 Å². The third-order valence-corrected chi connectivity index (χ3v) is 4.58. The van der Waals surface area contributed by atoms with Crippen LogP contribution in [0.5, 0.6) is 11.5 Å². The molecule has 0 bridgehead atoms. The van der Waals surface area contributed by atoms with Crippen LogP contribution in [0.1, 0.15) is 52.0 Å². The summed E-state index contributed by atoms with van der Waals surface area (Å²) in [6, 6.07) is 5.83. The van der Waals surface area contributed by atoms with Crippen LogP contribution in [0.4, 0.5) is 0 Å². The highest BCUT2D eigenvalue weighted by Gasteiger charge is 2.34. The largest absolute Gasteiger partial charge is 0.493 e. The van der Waals surface area contributed by atoms with Crippen LogP contribution >= 0.6 is 0 Å². The molecule has 0 heterocycles. The number of nitrogens with one attached hydrogen (secondary N) is 1. The second-order valence-corrected chi connectivity index (χ2v) is 6.08. The van der Waals surface area contributed by atoms with E-state index in [4.69, 9.17) is 9.47 Å². The van der Waals surface area contributed by atoms with Gasteiger partial charge in [-0.15, -0.1) is 0 Å². The van der Waals surface area contributed by atoms with Gasteiger partial charge in [-0.2, -0.15) is 0 Å². The summed E-state index contributed by atoms with van der Waals surface area (Å²) in [5, 5.41) is 12.7. The van der Waals surface area contributed by atoms with E-state index in [0.717, 1.165) is 24.2 Å². The molecular weight excluding hydrogens is 306 g/mol. The maximum absolute atomic E-state index is 11.5. The molecule has 0 aromatic heterocycles. The van der Waals surface area contributed by atoms with E-state index < -0.39 is 11.4 Å². The topological polar surface area (TPSA) is 67.8 Å². The first-order valence-corrected chi connectivity index (χ1v) is 8.76. The Bertz CT molecular complexity index is 512. The van der Waals surface area contributed by atoms with Gasteiger partial charge in [0.25, 0.3) is 0 Å². The number of carbonyl (C=O) groups is 1. The van der Waals surface area contributed by atoms with Crippen molar-refractivity contribution in [3.05, 3.63) is 23.8 Å². The van der Waals surface area contributed by atoms with Crippen molar-refractivity contribution in [2.24, 2.45) is 5.41 Å². The fourth-order valence-corrected chi connectivity index (χ4v) is 2.59. The van der Waals surface area contributed by atoms with Crippen LogP contribution in [0, 0.1) is 5.41 Å². The summed E-state index contributed by atoms with van der Waals surface area (Å²) < 4.78 is 11.1. The first-order chi connectivity index (χ1) is 11.5. The van der Waals surface area contributed by atoms with E-state index in [-0.39, 0.29) is 0 Å². The molecule has 0 aliphatic heterocycles. The van der Waals surface area contributed by atoms with Gasteiger partial charge in [0.1, 0.15) is 0 Å². The molecule has 1 aromatic rings. The summed E-state index contributed by atoms with van der Waals surface area (Å²) in [6.07, 6.45) is 3.32. The first-order valence-electron chi connectivity index (χ1n) is 8.76. The molecule has 0 unspecified atom stereocenters. The van der Waals surface area contributed by atoms with Gasteiger partial charge in [0.15, 0.2) is 11.5 Å². The lowest BCUT2D eigenvalue weighted by Crippen LogP contribution is -2.40. The van der Waals surface area contributed by atoms with Crippen LogP contribution in [-0.2, 0) is 11.3 Å². The molecule has 5 heteroatoms. The normalized spacial score (nSPS) is 11.3. The fraction of sp³-hybridized carbons (Fsp3) is 0.632. The maximum atomic E-state index is 11.5. The highest BCUT2D eigenvalue weighted by atomic mass is 16.5. The lowest BCUT2D eigenvalue weighted by atomic mass is 9.82. The highest BCUT2D eigenvalue weighted by molar-refractivity contribution is 5.74. The van der Waals surface area contributed by atoms with Crippen LogP contribution in [0.15, 0.2) is 18.2 Å². The zero-order valence-corrected chi connectivity index (χ0v) is 15.4. The third kappa shape index (κ3) is 5.41. The molecule has 1 aromatic carbocycles. The minimum Gasteiger partial charge on any atom is -0.493 e. The Hall–Kier alpha value is -1.75. The summed E-state index contributed by atoms with van der Waals surface area (Å²) in [5.74, 6) is 0.717. The SMILES string of the molecule is CCCCOc1ccc(CNCC(CC)(CC)C(=O)O)cc1OC. The van der Waals surface area contributed by atoms with Crippen LogP contribution in [-0.4, -0.2) is 31.3 Å². The Labute approximate surface area is 145 Å². The van der Waals surface area contributed by atoms with Gasteiger partial charge in [-0.1, -0.05) is 33.3 Å². The zero-order valence-electron chi connectivity index (χ0n) is 15.4. The highest BCUT2D eigenvalue weighted by Crippen LogP contribution is 2.29. The second kappa shape index (κ2) is 10.2. The van der Waals surface area contributed by atoms with Gasteiger partial charge in [-0.25, -0.2) is 0 Å². The molecule has 136 valence electrons. The predicted octanol–water partition coefficient (Wildman–Crippen LogP) is 3.85. The van der Waals surface area contributed by atoms with Crippen molar-refractivity contribution in [2.75, 3.05) is 20.3 Å². The van der Waals surface area contributed by atoms with Gasteiger partial charge >= 0.3 is 5.97 Å². The number of methoxy groups -OCH3 is 1. The minimum absolute atomic E-state index is 0.451. The predicted molar refractivity (Wildman–Crippen MR) is 95.8 cm³/mol. The number of carboxylic acid groups (broad SMARTS) is 1. The van der Waals surface area contributed by atoms with E-state index >= 15 is 0 Å². The summed E-state index contributed by atoms with van der Waals surface area (Å²) in [7, 11) is 1.63. The van der Waals surface area contributed by atoms with Gasteiger partial charge in [-0.05, 0) is 37.0 Å². The lowest BCUT2D eigenvalue weighted by Gasteiger charge is -2.27. The van der Waals surface area contributed by atoms with Crippen molar-refractivity contribution in [1.82, 2.24) is 5.32 Å². The Morgan fingerprint density at radius 2 is 1.92 bits per heavy atom. The molecule has 0 spiro atoms. The molecule has 24 heavy (non-hydrogen) atoms. The molecular formula is C19H31NO4. The number of ether oxygens (including phenoxy) is 2. The van der Waals surface area contributed by atoms with Gasteiger partial charge in [-0.3, -0.25) is 4.79 Å². The molecule has 0 amide bonds. The van der Waals surface area contributed by atoms with Gasteiger partial charge in [0.2, 0.25) is 0 Å². The van der Waals surface area contributed by atoms with Gasteiger partial charge in [0, 0.05) is 13.1 Å². The van der Waals surface area contributed by atoms with E-state index in [0.29, 0.717) is 38.3 Å². The summed E-state index contributed by atoms with van der Waals surface area (Å²) in [6.45, 7) is 7.69. The van der Waals surface area contributed by atoms with E-state index in [1.807, 2.05) is 32.0 Å². The lowest BCUT2D eigenvalue weighted by molar-refractivity contribution is -0.149. The number of rotatable bonds is 12. The Morgan fingerprint density at radius 3 is 2.46 bits per heavy atom. The van der Waals surface area contributed by atoms with Crippen molar-refractivity contribution in [2.45, 2.75) is 53.0 Å². The zero-order chi connectivity index (χ0) is 18.0. The average Bonchev–Trinajstić information content (AvgIpc) is 2.59.